The van der Waals surface area contributed by atoms with E-state index in [9.17, 15) is 9.59 Å². The quantitative estimate of drug-likeness (QED) is 0.320. The molecule has 0 saturated carbocycles. The number of fused-ring (bicyclic) bond motifs is 1. The minimum Gasteiger partial charge on any atom is -0.399 e. The maximum atomic E-state index is 12.8. The minimum atomic E-state index is -0.691. The molecule has 0 aliphatic heterocycles. The predicted octanol–water partition coefficient (Wildman–Crippen LogP) is 3.33. The molecule has 6 nitrogen and oxygen atoms in total. The van der Waals surface area contributed by atoms with E-state index in [1.165, 1.54) is 6.20 Å². The number of hydrogen-bond acceptors (Lipinski definition) is 4. The topological polar surface area (TPSA) is 89.5 Å². The third kappa shape index (κ3) is 3.48. The standard InChI is InChI=1S/C22H18N4O2/c23-16-8-6-15(7-9-16)12-18-13-19(20-5-1-2-11-26(18)20)21(27)22(28)25-17-4-3-10-24-14-17/h1-11,13-14H,12,23H2,(H,25,28). The molecule has 0 radical (unpaired) electrons. The lowest BCUT2D eigenvalue weighted by atomic mass is 10.1. The number of Topliss-reactive ketones (excluding diaryl/α,β-unsaturated/α-hetero) is 1. The van der Waals surface area contributed by atoms with Crippen molar-refractivity contribution in [3.05, 3.63) is 96.1 Å². The van der Waals surface area contributed by atoms with Gasteiger partial charge in [-0.3, -0.25) is 14.6 Å². The molecule has 4 rings (SSSR count). The van der Waals surface area contributed by atoms with Gasteiger partial charge in [0, 0.05) is 30.2 Å². The van der Waals surface area contributed by atoms with Gasteiger partial charge in [0.1, 0.15) is 0 Å². The minimum absolute atomic E-state index is 0.368. The maximum absolute atomic E-state index is 12.8. The van der Waals surface area contributed by atoms with Crippen LogP contribution in [-0.2, 0) is 11.2 Å². The first-order valence-corrected chi connectivity index (χ1v) is 8.81. The number of hydrogen-bond donors (Lipinski definition) is 2. The SMILES string of the molecule is Nc1ccc(Cc2cc(C(=O)C(=O)Nc3cccnc3)c3ccccn23)cc1. The van der Waals surface area contributed by atoms with E-state index in [4.69, 9.17) is 5.73 Å². The Morgan fingerprint density at radius 2 is 1.86 bits per heavy atom. The molecule has 0 spiro atoms. The average molecular weight is 370 g/mol. The number of amides is 1. The fourth-order valence-electron chi connectivity index (χ4n) is 3.13. The highest BCUT2D eigenvalue weighted by molar-refractivity contribution is 6.47. The van der Waals surface area contributed by atoms with E-state index in [0.717, 1.165) is 11.3 Å². The molecule has 1 amide bonds. The lowest BCUT2D eigenvalue weighted by molar-refractivity contribution is -0.112. The number of ketones is 1. The Balaban J connectivity index is 1.66. The number of carbonyl (C=O) groups is 2. The van der Waals surface area contributed by atoms with E-state index in [1.807, 2.05) is 53.1 Å². The Hall–Kier alpha value is -3.93. The van der Waals surface area contributed by atoms with Gasteiger partial charge in [-0.15, -0.1) is 0 Å². The van der Waals surface area contributed by atoms with Crippen LogP contribution < -0.4 is 11.1 Å². The molecular formula is C22H18N4O2. The van der Waals surface area contributed by atoms with Gasteiger partial charge in [0.05, 0.1) is 23.0 Å². The number of aromatic nitrogens is 2. The van der Waals surface area contributed by atoms with Gasteiger partial charge < -0.3 is 15.5 Å². The number of pyridine rings is 2. The van der Waals surface area contributed by atoms with Crippen LogP contribution in [0.15, 0.2) is 79.3 Å². The van der Waals surface area contributed by atoms with Gasteiger partial charge in [0.2, 0.25) is 0 Å². The fourth-order valence-corrected chi connectivity index (χ4v) is 3.13. The van der Waals surface area contributed by atoms with Crippen LogP contribution in [0.4, 0.5) is 11.4 Å². The smallest absolute Gasteiger partial charge is 0.296 e. The van der Waals surface area contributed by atoms with Crippen molar-refractivity contribution in [2.45, 2.75) is 6.42 Å². The molecule has 4 aromatic rings. The number of nitrogen functional groups attached to an aromatic ring is 1. The first-order chi connectivity index (χ1) is 13.6. The Labute approximate surface area is 161 Å². The second kappa shape index (κ2) is 7.36. The van der Waals surface area contributed by atoms with Crippen molar-refractivity contribution in [3.63, 3.8) is 0 Å². The molecule has 1 aromatic carbocycles. The summed E-state index contributed by atoms with van der Waals surface area (Å²) in [6, 6.07) is 18.3. The van der Waals surface area contributed by atoms with Crippen LogP contribution >= 0.6 is 0 Å². The number of nitrogens with one attached hydrogen (secondary N) is 1. The molecule has 0 atom stereocenters. The van der Waals surface area contributed by atoms with E-state index < -0.39 is 11.7 Å². The van der Waals surface area contributed by atoms with E-state index in [1.54, 1.807) is 24.4 Å². The van der Waals surface area contributed by atoms with Crippen molar-refractivity contribution >= 4 is 28.6 Å². The third-order valence-electron chi connectivity index (χ3n) is 4.49. The largest absolute Gasteiger partial charge is 0.399 e. The van der Waals surface area contributed by atoms with Gasteiger partial charge in [-0.25, -0.2) is 0 Å². The van der Waals surface area contributed by atoms with Gasteiger partial charge in [-0.05, 0) is 48.0 Å². The van der Waals surface area contributed by atoms with Crippen molar-refractivity contribution in [1.82, 2.24) is 9.38 Å². The molecule has 3 heterocycles. The van der Waals surface area contributed by atoms with E-state index in [-0.39, 0.29) is 0 Å². The summed E-state index contributed by atoms with van der Waals surface area (Å²) in [6.07, 6.45) is 5.60. The van der Waals surface area contributed by atoms with E-state index >= 15 is 0 Å². The predicted molar refractivity (Wildman–Crippen MR) is 108 cm³/mol. The molecule has 0 bridgehead atoms. The summed E-state index contributed by atoms with van der Waals surface area (Å²) in [4.78, 5) is 29.2. The highest BCUT2D eigenvalue weighted by atomic mass is 16.2. The van der Waals surface area contributed by atoms with Crippen molar-refractivity contribution in [1.29, 1.82) is 0 Å². The molecule has 6 heteroatoms. The number of nitrogens with two attached hydrogens (primary N) is 1. The number of nitrogens with zero attached hydrogens (tertiary/aromatic N) is 2. The Morgan fingerprint density at radius 1 is 1.04 bits per heavy atom. The molecule has 28 heavy (non-hydrogen) atoms. The molecule has 0 saturated heterocycles. The van der Waals surface area contributed by atoms with Crippen LogP contribution in [0.5, 0.6) is 0 Å². The van der Waals surface area contributed by atoms with Crippen molar-refractivity contribution in [2.24, 2.45) is 0 Å². The number of rotatable bonds is 5. The second-order valence-electron chi connectivity index (χ2n) is 6.45. The van der Waals surface area contributed by atoms with Crippen LogP contribution in [0.2, 0.25) is 0 Å². The zero-order valence-electron chi connectivity index (χ0n) is 15.0. The van der Waals surface area contributed by atoms with Gasteiger partial charge in [-0.1, -0.05) is 18.2 Å². The lowest BCUT2D eigenvalue weighted by Gasteiger charge is -2.04. The molecule has 0 fully saturated rings. The number of anilines is 2. The second-order valence-corrected chi connectivity index (χ2v) is 6.45. The van der Waals surface area contributed by atoms with Crippen LogP contribution in [-0.4, -0.2) is 21.1 Å². The Bertz CT molecular complexity index is 1150. The molecule has 3 N–H and O–H groups in total. The summed E-state index contributed by atoms with van der Waals surface area (Å²) in [5.74, 6) is -1.28. The number of carbonyl (C=O) groups excluding carboxylic acids is 2. The van der Waals surface area contributed by atoms with Crippen molar-refractivity contribution in [3.8, 4) is 0 Å². The highest BCUT2D eigenvalue weighted by Gasteiger charge is 2.22. The molecule has 0 aliphatic rings. The van der Waals surface area contributed by atoms with Crippen molar-refractivity contribution in [2.75, 3.05) is 11.1 Å². The maximum Gasteiger partial charge on any atom is 0.296 e. The van der Waals surface area contributed by atoms with Gasteiger partial charge in [0.15, 0.2) is 0 Å². The normalized spacial score (nSPS) is 10.7. The zero-order valence-corrected chi connectivity index (χ0v) is 15.0. The summed E-state index contributed by atoms with van der Waals surface area (Å²) in [7, 11) is 0. The molecule has 138 valence electrons. The Kier molecular flexibility index (Phi) is 4.60. The lowest BCUT2D eigenvalue weighted by Crippen LogP contribution is -2.22. The molecular weight excluding hydrogens is 352 g/mol. The number of benzene rings is 1. The van der Waals surface area contributed by atoms with Gasteiger partial charge in [0.25, 0.3) is 11.7 Å². The summed E-state index contributed by atoms with van der Waals surface area (Å²) < 4.78 is 1.93. The zero-order chi connectivity index (χ0) is 19.5. The monoisotopic (exact) mass is 370 g/mol. The molecule has 0 unspecified atom stereocenters. The summed E-state index contributed by atoms with van der Waals surface area (Å²) in [6.45, 7) is 0. The first-order valence-electron chi connectivity index (χ1n) is 8.81. The van der Waals surface area contributed by atoms with Crippen LogP contribution in [0.1, 0.15) is 21.6 Å². The average Bonchev–Trinajstić information content (AvgIpc) is 3.08. The summed E-state index contributed by atoms with van der Waals surface area (Å²) in [5, 5.41) is 2.60. The van der Waals surface area contributed by atoms with Crippen LogP contribution in [0.25, 0.3) is 5.52 Å². The molecule has 3 aromatic heterocycles. The fraction of sp³-hybridized carbons (Fsp3) is 0.0455. The van der Waals surface area contributed by atoms with Gasteiger partial charge >= 0.3 is 0 Å². The first kappa shape index (κ1) is 17.5. The van der Waals surface area contributed by atoms with Crippen molar-refractivity contribution < 1.29 is 9.59 Å². The van der Waals surface area contributed by atoms with Gasteiger partial charge in [-0.2, -0.15) is 0 Å². The molecule has 0 aliphatic carbocycles. The van der Waals surface area contributed by atoms with E-state index in [0.29, 0.717) is 28.9 Å². The van der Waals surface area contributed by atoms with Crippen LogP contribution in [0, 0.1) is 0 Å². The Morgan fingerprint density at radius 3 is 2.61 bits per heavy atom. The van der Waals surface area contributed by atoms with Crippen LogP contribution in [0.3, 0.4) is 0 Å². The highest BCUT2D eigenvalue weighted by Crippen LogP contribution is 2.21. The third-order valence-corrected chi connectivity index (χ3v) is 4.49. The van der Waals surface area contributed by atoms with E-state index in [2.05, 4.69) is 10.3 Å². The summed E-state index contributed by atoms with van der Waals surface area (Å²) in [5.41, 5.74) is 9.97. The summed E-state index contributed by atoms with van der Waals surface area (Å²) >= 11 is 0.